The first-order valence-corrected chi connectivity index (χ1v) is 7.82. The molecule has 0 unspecified atom stereocenters. The number of hydrogen-bond acceptors (Lipinski definition) is 3. The molecule has 0 spiro atoms. The largest absolute Gasteiger partial charge is 0.343 e. The van der Waals surface area contributed by atoms with Crippen LogP contribution in [0.1, 0.15) is 26.3 Å². The zero-order valence-electron chi connectivity index (χ0n) is 13.7. The van der Waals surface area contributed by atoms with Crippen molar-refractivity contribution >= 4 is 17.5 Å². The van der Waals surface area contributed by atoms with Crippen molar-refractivity contribution in [1.82, 2.24) is 10.6 Å². The fraction of sp³-hybridized carbons (Fsp3) is 0.529. The Bertz CT molecular complexity index is 557. The summed E-state index contributed by atoms with van der Waals surface area (Å²) in [6.07, 6.45) is 0.869. The summed E-state index contributed by atoms with van der Waals surface area (Å²) in [6, 6.07) is 7.12. The number of carbonyl (C=O) groups is 2. The molecule has 2 atom stereocenters. The van der Waals surface area contributed by atoms with Gasteiger partial charge in [0.1, 0.15) is 6.04 Å². The summed E-state index contributed by atoms with van der Waals surface area (Å²) in [5, 5.41) is 5.78. The van der Waals surface area contributed by atoms with E-state index in [2.05, 4.69) is 16.7 Å². The number of hydrogen-bond donors (Lipinski definition) is 2. The van der Waals surface area contributed by atoms with Crippen LogP contribution in [0.2, 0.25) is 0 Å². The molecule has 2 amide bonds. The molecule has 22 heavy (non-hydrogen) atoms. The Morgan fingerprint density at radius 1 is 1.18 bits per heavy atom. The third-order valence-corrected chi connectivity index (χ3v) is 4.21. The normalized spacial score (nSPS) is 16.3. The fourth-order valence-corrected chi connectivity index (χ4v) is 2.66. The van der Waals surface area contributed by atoms with Gasteiger partial charge in [0.05, 0.1) is 6.04 Å². The summed E-state index contributed by atoms with van der Waals surface area (Å²) in [4.78, 5) is 26.8. The SMILES string of the molecule is CN[C@@H](C)C(=O)N[C@H](C(=O)N1CCc2ccccc21)C(C)C. The Kier molecular flexibility index (Phi) is 5.19. The lowest BCUT2D eigenvalue weighted by Crippen LogP contribution is -2.54. The standard InChI is InChI=1S/C17H25N3O2/c1-11(2)15(19-16(21)12(3)18-4)17(22)20-10-9-13-7-5-6-8-14(13)20/h5-8,11-12,15,18H,9-10H2,1-4H3,(H,19,21)/t12-,15-/m0/s1. The number of nitrogens with one attached hydrogen (secondary N) is 2. The van der Waals surface area contributed by atoms with Crippen molar-refractivity contribution in [3.63, 3.8) is 0 Å². The van der Waals surface area contributed by atoms with Crippen molar-refractivity contribution in [2.75, 3.05) is 18.5 Å². The predicted molar refractivity (Wildman–Crippen MR) is 87.8 cm³/mol. The first-order valence-electron chi connectivity index (χ1n) is 7.82. The van der Waals surface area contributed by atoms with Crippen LogP contribution in [0.4, 0.5) is 5.69 Å². The molecule has 1 heterocycles. The van der Waals surface area contributed by atoms with Crippen LogP contribution < -0.4 is 15.5 Å². The second-order valence-corrected chi connectivity index (χ2v) is 6.11. The van der Waals surface area contributed by atoms with E-state index < -0.39 is 6.04 Å². The summed E-state index contributed by atoms with van der Waals surface area (Å²) in [7, 11) is 1.73. The van der Waals surface area contributed by atoms with Crippen molar-refractivity contribution in [2.24, 2.45) is 5.92 Å². The average Bonchev–Trinajstić information content (AvgIpc) is 2.94. The number of benzene rings is 1. The minimum absolute atomic E-state index is 0.0309. The fourth-order valence-electron chi connectivity index (χ4n) is 2.66. The molecule has 2 rings (SSSR count). The lowest BCUT2D eigenvalue weighted by atomic mass is 10.0. The van der Waals surface area contributed by atoms with E-state index in [1.54, 1.807) is 18.9 Å². The third kappa shape index (κ3) is 3.30. The van der Waals surface area contributed by atoms with Crippen LogP contribution in [0.15, 0.2) is 24.3 Å². The van der Waals surface area contributed by atoms with E-state index in [0.717, 1.165) is 12.1 Å². The molecule has 0 saturated heterocycles. The smallest absolute Gasteiger partial charge is 0.249 e. The Balaban J connectivity index is 2.16. The highest BCUT2D eigenvalue weighted by Crippen LogP contribution is 2.28. The van der Waals surface area contributed by atoms with Crippen LogP contribution in [-0.4, -0.2) is 37.5 Å². The van der Waals surface area contributed by atoms with Crippen LogP contribution in [0.25, 0.3) is 0 Å². The van der Waals surface area contributed by atoms with Gasteiger partial charge in [-0.2, -0.15) is 0 Å². The molecule has 5 heteroatoms. The van der Waals surface area contributed by atoms with E-state index >= 15 is 0 Å². The molecule has 5 nitrogen and oxygen atoms in total. The lowest BCUT2D eigenvalue weighted by molar-refractivity contribution is -0.129. The van der Waals surface area contributed by atoms with E-state index in [4.69, 9.17) is 0 Å². The van der Waals surface area contributed by atoms with Gasteiger partial charge in [-0.1, -0.05) is 32.0 Å². The number of carbonyl (C=O) groups excluding carboxylic acids is 2. The van der Waals surface area contributed by atoms with Gasteiger partial charge in [-0.3, -0.25) is 9.59 Å². The molecule has 0 radical (unpaired) electrons. The second-order valence-electron chi connectivity index (χ2n) is 6.11. The van der Waals surface area contributed by atoms with Gasteiger partial charge in [0.2, 0.25) is 11.8 Å². The summed E-state index contributed by atoms with van der Waals surface area (Å²) >= 11 is 0. The monoisotopic (exact) mass is 303 g/mol. The Labute approximate surface area is 132 Å². The summed E-state index contributed by atoms with van der Waals surface area (Å²) in [6.45, 7) is 6.37. The first kappa shape index (κ1) is 16.5. The topological polar surface area (TPSA) is 61.4 Å². The average molecular weight is 303 g/mol. The molecule has 1 aromatic carbocycles. The molecule has 1 aromatic rings. The van der Waals surface area contributed by atoms with Crippen LogP contribution in [0.5, 0.6) is 0 Å². The number of anilines is 1. The van der Waals surface area contributed by atoms with Crippen LogP contribution >= 0.6 is 0 Å². The van der Waals surface area contributed by atoms with E-state index in [1.807, 2.05) is 32.0 Å². The number of rotatable bonds is 5. The Hall–Kier alpha value is -1.88. The first-order chi connectivity index (χ1) is 10.5. The number of amides is 2. The highest BCUT2D eigenvalue weighted by atomic mass is 16.2. The van der Waals surface area contributed by atoms with Gasteiger partial charge in [-0.05, 0) is 37.9 Å². The molecule has 1 aliphatic heterocycles. The zero-order chi connectivity index (χ0) is 16.3. The van der Waals surface area contributed by atoms with E-state index in [0.29, 0.717) is 6.54 Å². The highest BCUT2D eigenvalue weighted by molar-refractivity contribution is 6.01. The molecule has 120 valence electrons. The van der Waals surface area contributed by atoms with Gasteiger partial charge in [0, 0.05) is 12.2 Å². The van der Waals surface area contributed by atoms with E-state index in [9.17, 15) is 9.59 Å². The Morgan fingerprint density at radius 3 is 2.50 bits per heavy atom. The van der Waals surface area contributed by atoms with Crippen LogP contribution in [-0.2, 0) is 16.0 Å². The van der Waals surface area contributed by atoms with Crippen molar-refractivity contribution in [2.45, 2.75) is 39.3 Å². The molecule has 0 fully saturated rings. The molecule has 0 aliphatic carbocycles. The molecule has 0 saturated carbocycles. The summed E-state index contributed by atoms with van der Waals surface area (Å²) < 4.78 is 0. The maximum atomic E-state index is 12.9. The number of para-hydroxylation sites is 1. The van der Waals surface area contributed by atoms with Crippen molar-refractivity contribution in [3.8, 4) is 0 Å². The van der Waals surface area contributed by atoms with Crippen LogP contribution in [0, 0.1) is 5.92 Å². The molecular formula is C17H25N3O2. The number of fused-ring (bicyclic) bond motifs is 1. The van der Waals surface area contributed by atoms with Crippen molar-refractivity contribution in [1.29, 1.82) is 0 Å². The highest BCUT2D eigenvalue weighted by Gasteiger charge is 2.33. The number of likely N-dealkylation sites (N-methyl/N-ethyl adjacent to an activating group) is 1. The van der Waals surface area contributed by atoms with Crippen LogP contribution in [0.3, 0.4) is 0 Å². The number of nitrogens with zero attached hydrogens (tertiary/aromatic N) is 1. The quantitative estimate of drug-likeness (QED) is 0.862. The van der Waals surface area contributed by atoms with Gasteiger partial charge in [-0.15, -0.1) is 0 Å². The van der Waals surface area contributed by atoms with Gasteiger partial charge >= 0.3 is 0 Å². The van der Waals surface area contributed by atoms with Gasteiger partial charge < -0.3 is 15.5 Å². The second kappa shape index (κ2) is 6.92. The van der Waals surface area contributed by atoms with Gasteiger partial charge in [0.15, 0.2) is 0 Å². The summed E-state index contributed by atoms with van der Waals surface area (Å²) in [5.74, 6) is -0.146. The molecule has 0 aromatic heterocycles. The maximum absolute atomic E-state index is 12.9. The molecule has 1 aliphatic rings. The Morgan fingerprint density at radius 2 is 1.86 bits per heavy atom. The van der Waals surface area contributed by atoms with Crippen molar-refractivity contribution < 1.29 is 9.59 Å². The van der Waals surface area contributed by atoms with E-state index in [1.165, 1.54) is 5.56 Å². The maximum Gasteiger partial charge on any atom is 0.249 e. The third-order valence-electron chi connectivity index (χ3n) is 4.21. The van der Waals surface area contributed by atoms with Gasteiger partial charge in [-0.25, -0.2) is 0 Å². The minimum Gasteiger partial charge on any atom is -0.343 e. The molecular weight excluding hydrogens is 278 g/mol. The summed E-state index contributed by atoms with van der Waals surface area (Å²) in [5.41, 5.74) is 2.15. The minimum atomic E-state index is -0.505. The predicted octanol–water partition coefficient (Wildman–Crippen LogP) is 1.32. The van der Waals surface area contributed by atoms with Crippen molar-refractivity contribution in [3.05, 3.63) is 29.8 Å². The van der Waals surface area contributed by atoms with Gasteiger partial charge in [0.25, 0.3) is 0 Å². The molecule has 2 N–H and O–H groups in total. The molecule has 0 bridgehead atoms. The van der Waals surface area contributed by atoms with E-state index in [-0.39, 0.29) is 23.8 Å². The lowest BCUT2D eigenvalue weighted by Gasteiger charge is -2.28. The zero-order valence-corrected chi connectivity index (χ0v) is 13.7.